The summed E-state index contributed by atoms with van der Waals surface area (Å²) < 4.78 is 0. The van der Waals surface area contributed by atoms with Gasteiger partial charge in [-0.2, -0.15) is 0 Å². The molecule has 21 heavy (non-hydrogen) atoms. The second-order valence-electron chi connectivity index (χ2n) is 6.48. The Morgan fingerprint density at radius 3 is 1.14 bits per heavy atom. The topological polar surface area (TPSA) is 37.3 Å². The fourth-order valence-corrected chi connectivity index (χ4v) is 2.78. The summed E-state index contributed by atoms with van der Waals surface area (Å²) in [6, 6.07) is 0. The molecule has 1 N–H and O–H groups in total. The van der Waals surface area contributed by atoms with Crippen LogP contribution in [0.15, 0.2) is 0 Å². The Morgan fingerprint density at radius 2 is 0.857 bits per heavy atom. The Kier molecular flexibility index (Phi) is 17.4. The monoisotopic (exact) mass is 298 g/mol. The highest BCUT2D eigenvalue weighted by atomic mass is 16.2. The zero-order valence-corrected chi connectivity index (χ0v) is 14.4. The van der Waals surface area contributed by atoms with E-state index in [0.29, 0.717) is 12.4 Å². The lowest BCUT2D eigenvalue weighted by atomic mass is 10.0. The van der Waals surface area contributed by atoms with Gasteiger partial charge in [0, 0.05) is 13.0 Å². The third-order valence-corrected chi connectivity index (χ3v) is 4.19. The predicted molar refractivity (Wildman–Crippen MR) is 91.6 cm³/mol. The van der Waals surface area contributed by atoms with Crippen molar-refractivity contribution in [1.82, 2.24) is 0 Å². The minimum Gasteiger partial charge on any atom is -0.396 e. The van der Waals surface area contributed by atoms with E-state index in [2.05, 4.69) is 0 Å². The Labute approximate surface area is 132 Å². The fourth-order valence-electron chi connectivity index (χ4n) is 2.78. The first kappa shape index (κ1) is 20.6. The van der Waals surface area contributed by atoms with Gasteiger partial charge in [-0.1, -0.05) is 83.5 Å². The van der Waals surface area contributed by atoms with Crippen LogP contribution in [0.2, 0.25) is 0 Å². The number of aliphatic hydroxyl groups is 1. The van der Waals surface area contributed by atoms with Crippen molar-refractivity contribution >= 4 is 5.78 Å². The molecule has 0 saturated heterocycles. The molecule has 2 nitrogen and oxygen atoms in total. The van der Waals surface area contributed by atoms with Crippen molar-refractivity contribution in [2.75, 3.05) is 6.61 Å². The van der Waals surface area contributed by atoms with Crippen molar-refractivity contribution in [3.63, 3.8) is 0 Å². The van der Waals surface area contributed by atoms with E-state index in [1.807, 2.05) is 0 Å². The van der Waals surface area contributed by atoms with E-state index in [4.69, 9.17) is 5.11 Å². The van der Waals surface area contributed by atoms with E-state index < -0.39 is 0 Å². The van der Waals surface area contributed by atoms with Gasteiger partial charge in [0.25, 0.3) is 0 Å². The SMILES string of the molecule is CC(=O)CCCCCCCCCCCCCCCCCO. The highest BCUT2D eigenvalue weighted by Gasteiger charge is 1.95. The number of rotatable bonds is 17. The lowest BCUT2D eigenvalue weighted by Gasteiger charge is -2.03. The van der Waals surface area contributed by atoms with Gasteiger partial charge in [0.05, 0.1) is 0 Å². The Bertz CT molecular complexity index is 214. The zero-order valence-electron chi connectivity index (χ0n) is 14.4. The maximum Gasteiger partial charge on any atom is 0.129 e. The van der Waals surface area contributed by atoms with Crippen LogP contribution < -0.4 is 0 Å². The molecular weight excluding hydrogens is 260 g/mol. The molecule has 0 aliphatic heterocycles. The molecule has 0 radical (unpaired) electrons. The van der Waals surface area contributed by atoms with Crippen LogP contribution >= 0.6 is 0 Å². The molecular formula is C19H38O2. The number of hydrogen-bond donors (Lipinski definition) is 1. The smallest absolute Gasteiger partial charge is 0.129 e. The van der Waals surface area contributed by atoms with E-state index in [-0.39, 0.29) is 0 Å². The molecule has 0 spiro atoms. The number of hydrogen-bond acceptors (Lipinski definition) is 2. The molecule has 0 heterocycles. The van der Waals surface area contributed by atoms with Crippen LogP contribution in [-0.2, 0) is 4.79 Å². The van der Waals surface area contributed by atoms with Crippen molar-refractivity contribution in [1.29, 1.82) is 0 Å². The molecule has 0 fully saturated rings. The average molecular weight is 299 g/mol. The van der Waals surface area contributed by atoms with Crippen molar-refractivity contribution in [2.45, 2.75) is 110 Å². The molecule has 0 unspecified atom stereocenters. The third kappa shape index (κ3) is 19.6. The largest absolute Gasteiger partial charge is 0.396 e. The summed E-state index contributed by atoms with van der Waals surface area (Å²) in [5, 5.41) is 8.68. The summed E-state index contributed by atoms with van der Waals surface area (Å²) in [4.78, 5) is 10.8. The summed E-state index contributed by atoms with van der Waals surface area (Å²) in [6.45, 7) is 2.05. The molecule has 0 aliphatic carbocycles. The summed E-state index contributed by atoms with van der Waals surface area (Å²) >= 11 is 0. The number of carbonyl (C=O) groups is 1. The Balaban J connectivity index is 2.95. The van der Waals surface area contributed by atoms with Crippen LogP contribution in [0.3, 0.4) is 0 Å². The molecule has 0 atom stereocenters. The van der Waals surface area contributed by atoms with Gasteiger partial charge in [0.15, 0.2) is 0 Å². The molecule has 0 aromatic heterocycles. The van der Waals surface area contributed by atoms with Crippen molar-refractivity contribution in [3.8, 4) is 0 Å². The minimum atomic E-state index is 0.336. The maximum absolute atomic E-state index is 10.8. The van der Waals surface area contributed by atoms with Gasteiger partial charge >= 0.3 is 0 Å². The minimum absolute atomic E-state index is 0.336. The molecule has 0 aromatic rings. The zero-order chi connectivity index (χ0) is 15.6. The molecule has 0 amide bonds. The first-order valence-corrected chi connectivity index (χ1v) is 9.37. The standard InChI is InChI=1S/C19H38O2/c1-19(21)17-15-13-11-9-7-5-3-2-4-6-8-10-12-14-16-18-20/h20H,2-18H2,1H3. The number of ketones is 1. The van der Waals surface area contributed by atoms with Crippen molar-refractivity contribution < 1.29 is 9.90 Å². The molecule has 0 bridgehead atoms. The second-order valence-corrected chi connectivity index (χ2v) is 6.48. The highest BCUT2D eigenvalue weighted by molar-refractivity contribution is 5.75. The van der Waals surface area contributed by atoms with Crippen molar-refractivity contribution in [2.24, 2.45) is 0 Å². The third-order valence-electron chi connectivity index (χ3n) is 4.19. The summed E-state index contributed by atoms with van der Waals surface area (Å²) in [5.41, 5.74) is 0. The second kappa shape index (κ2) is 17.7. The number of aliphatic hydroxyl groups excluding tert-OH is 1. The quantitative estimate of drug-likeness (QED) is 0.344. The van der Waals surface area contributed by atoms with Crippen LogP contribution in [-0.4, -0.2) is 17.5 Å². The number of Topliss-reactive ketones (excluding diaryl/α,β-unsaturated/α-hetero) is 1. The van der Waals surface area contributed by atoms with Crippen LogP contribution in [0.1, 0.15) is 110 Å². The fraction of sp³-hybridized carbons (Fsp3) is 0.947. The van der Waals surface area contributed by atoms with Crippen molar-refractivity contribution in [3.05, 3.63) is 0 Å². The van der Waals surface area contributed by atoms with Gasteiger partial charge in [0.2, 0.25) is 0 Å². The van der Waals surface area contributed by atoms with E-state index in [0.717, 1.165) is 19.3 Å². The summed E-state index contributed by atoms with van der Waals surface area (Å²) in [5.74, 6) is 0.336. The Morgan fingerprint density at radius 1 is 0.571 bits per heavy atom. The Hall–Kier alpha value is -0.370. The van der Waals surface area contributed by atoms with Gasteiger partial charge in [0.1, 0.15) is 5.78 Å². The van der Waals surface area contributed by atoms with Crippen LogP contribution in [0.25, 0.3) is 0 Å². The van der Waals surface area contributed by atoms with Crippen LogP contribution in [0, 0.1) is 0 Å². The number of carbonyl (C=O) groups excluding carboxylic acids is 1. The van der Waals surface area contributed by atoms with Gasteiger partial charge in [-0.05, 0) is 19.8 Å². The van der Waals surface area contributed by atoms with Gasteiger partial charge in [-0.25, -0.2) is 0 Å². The number of unbranched alkanes of at least 4 members (excludes halogenated alkanes) is 14. The molecule has 0 rings (SSSR count). The molecule has 0 aliphatic rings. The lowest BCUT2D eigenvalue weighted by molar-refractivity contribution is -0.117. The highest BCUT2D eigenvalue weighted by Crippen LogP contribution is 2.13. The summed E-state index contributed by atoms with van der Waals surface area (Å²) in [7, 11) is 0. The van der Waals surface area contributed by atoms with Gasteiger partial charge < -0.3 is 9.90 Å². The maximum atomic E-state index is 10.8. The van der Waals surface area contributed by atoms with Gasteiger partial charge in [-0.15, -0.1) is 0 Å². The molecule has 126 valence electrons. The van der Waals surface area contributed by atoms with Crippen LogP contribution in [0.4, 0.5) is 0 Å². The van der Waals surface area contributed by atoms with E-state index in [1.165, 1.54) is 83.5 Å². The normalized spacial score (nSPS) is 11.0. The van der Waals surface area contributed by atoms with Gasteiger partial charge in [-0.3, -0.25) is 0 Å². The van der Waals surface area contributed by atoms with Crippen LogP contribution in [0.5, 0.6) is 0 Å². The predicted octanol–water partition coefficient (Wildman–Crippen LogP) is 5.81. The first-order valence-electron chi connectivity index (χ1n) is 9.37. The van der Waals surface area contributed by atoms with E-state index >= 15 is 0 Å². The summed E-state index contributed by atoms with van der Waals surface area (Å²) in [6.07, 6.45) is 20.3. The lowest BCUT2D eigenvalue weighted by Crippen LogP contribution is -1.89. The molecule has 0 aromatic carbocycles. The van der Waals surface area contributed by atoms with E-state index in [1.54, 1.807) is 6.92 Å². The average Bonchev–Trinajstić information content (AvgIpc) is 2.46. The first-order chi connectivity index (χ1) is 10.3. The molecule has 0 saturated carbocycles. The molecule has 2 heteroatoms. The van der Waals surface area contributed by atoms with E-state index in [9.17, 15) is 4.79 Å².